The number of halogens is 2. The van der Waals surface area contributed by atoms with Gasteiger partial charge in [0.25, 0.3) is 5.91 Å². The predicted molar refractivity (Wildman–Crippen MR) is 122 cm³/mol. The molecule has 1 atom stereocenters. The third-order valence-corrected chi connectivity index (χ3v) is 7.21. The minimum absolute atomic E-state index is 0.0612. The Hall–Kier alpha value is -3.20. The van der Waals surface area contributed by atoms with Crippen molar-refractivity contribution in [3.05, 3.63) is 70.5 Å². The largest absolute Gasteiger partial charge is 0.334 e. The number of benzene rings is 1. The molecule has 1 amide bonds. The molecule has 5 rings (SSSR count). The number of carbonyl (C=O) groups is 1. The molecule has 9 heteroatoms. The molecular formula is C24H23F2N5OS. The molecule has 1 aromatic carbocycles. The normalized spacial score (nSPS) is 16.5. The minimum atomic E-state index is -0.467. The van der Waals surface area contributed by atoms with Gasteiger partial charge in [0.2, 0.25) is 0 Å². The maximum atomic E-state index is 14.2. The lowest BCUT2D eigenvalue weighted by Gasteiger charge is -2.35. The van der Waals surface area contributed by atoms with E-state index in [9.17, 15) is 13.6 Å². The summed E-state index contributed by atoms with van der Waals surface area (Å²) in [6.45, 7) is 4.39. The number of amides is 1. The molecule has 0 aliphatic carbocycles. The highest BCUT2D eigenvalue weighted by molar-refractivity contribution is 7.15. The van der Waals surface area contributed by atoms with Crippen molar-refractivity contribution in [1.82, 2.24) is 24.3 Å². The quantitative estimate of drug-likeness (QED) is 0.424. The Kier molecular flexibility index (Phi) is 5.65. The Balaban J connectivity index is 1.47. The van der Waals surface area contributed by atoms with Crippen LogP contribution < -0.4 is 0 Å². The molecule has 1 aliphatic rings. The first-order chi connectivity index (χ1) is 15.9. The van der Waals surface area contributed by atoms with Gasteiger partial charge in [-0.1, -0.05) is 12.1 Å². The van der Waals surface area contributed by atoms with Gasteiger partial charge in [-0.05, 0) is 50.8 Å². The summed E-state index contributed by atoms with van der Waals surface area (Å²) in [5, 5.41) is 0.783. The molecule has 1 saturated heterocycles. The topological polar surface area (TPSA) is 63.4 Å². The molecule has 0 spiro atoms. The van der Waals surface area contributed by atoms with E-state index < -0.39 is 5.82 Å². The Morgan fingerprint density at radius 1 is 1.15 bits per heavy atom. The first kappa shape index (κ1) is 21.6. The Morgan fingerprint density at radius 2 is 1.94 bits per heavy atom. The summed E-state index contributed by atoms with van der Waals surface area (Å²) in [6.07, 6.45) is 6.02. The molecular weight excluding hydrogens is 444 g/mol. The lowest BCUT2D eigenvalue weighted by Crippen LogP contribution is -2.45. The summed E-state index contributed by atoms with van der Waals surface area (Å²) in [5.41, 5.74) is 3.02. The molecule has 4 heterocycles. The van der Waals surface area contributed by atoms with E-state index in [0.29, 0.717) is 18.7 Å². The first-order valence-corrected chi connectivity index (χ1v) is 11.8. The molecule has 4 aromatic rings. The van der Waals surface area contributed by atoms with Gasteiger partial charge < -0.3 is 4.90 Å². The van der Waals surface area contributed by atoms with Crippen molar-refractivity contribution in [1.29, 1.82) is 0 Å². The van der Waals surface area contributed by atoms with E-state index in [-0.39, 0.29) is 23.4 Å². The Morgan fingerprint density at radius 3 is 2.70 bits per heavy atom. The number of nitrogens with zero attached hydrogens (tertiary/aromatic N) is 5. The summed E-state index contributed by atoms with van der Waals surface area (Å²) in [4.78, 5) is 29.3. The number of piperidine rings is 1. The second kappa shape index (κ2) is 8.62. The minimum Gasteiger partial charge on any atom is -0.334 e. The number of aryl methyl sites for hydroxylation is 2. The number of aromatic nitrogens is 4. The molecule has 0 unspecified atom stereocenters. The number of imidazole rings is 1. The molecule has 1 aliphatic heterocycles. The van der Waals surface area contributed by atoms with Crippen LogP contribution in [0, 0.1) is 25.5 Å². The van der Waals surface area contributed by atoms with Crippen molar-refractivity contribution < 1.29 is 13.6 Å². The molecule has 33 heavy (non-hydrogen) atoms. The average Bonchev–Trinajstić information content (AvgIpc) is 3.35. The molecule has 0 N–H and O–H groups in total. The molecule has 0 bridgehead atoms. The SMILES string of the molecule is Cc1nc(C(=O)N2CCCC[C@H]2Cc2nc3c(F)cncn3c2C)c(-c2ccc(F)cc2)s1. The van der Waals surface area contributed by atoms with Crippen molar-refractivity contribution >= 4 is 22.9 Å². The van der Waals surface area contributed by atoms with Crippen LogP contribution in [0.15, 0.2) is 36.8 Å². The third kappa shape index (κ3) is 4.01. The van der Waals surface area contributed by atoms with E-state index in [0.717, 1.165) is 52.3 Å². The highest BCUT2D eigenvalue weighted by Crippen LogP contribution is 2.33. The van der Waals surface area contributed by atoms with Crippen molar-refractivity contribution in [3.8, 4) is 10.4 Å². The summed E-state index contributed by atoms with van der Waals surface area (Å²) < 4.78 is 29.3. The standard InChI is InChI=1S/C24H23F2N5OS/c1-14-20(29-23-19(26)12-27-13-31(14)23)11-18-5-3-4-10-30(18)24(32)21-22(33-15(2)28-21)16-6-8-17(25)9-7-16/h6-9,12-13,18H,3-5,10-11H2,1-2H3/t18-/m0/s1. The van der Waals surface area contributed by atoms with Gasteiger partial charge in [-0.15, -0.1) is 11.3 Å². The fourth-order valence-corrected chi connectivity index (χ4v) is 5.41. The Bertz CT molecular complexity index is 1330. The molecule has 1 fully saturated rings. The fraction of sp³-hybridized carbons (Fsp3) is 0.333. The number of carbonyl (C=O) groups excluding carboxylic acids is 1. The summed E-state index contributed by atoms with van der Waals surface area (Å²) in [5.74, 6) is -0.915. The lowest BCUT2D eigenvalue weighted by molar-refractivity contribution is 0.0607. The zero-order valence-electron chi connectivity index (χ0n) is 18.4. The second-order valence-corrected chi connectivity index (χ2v) is 9.55. The van der Waals surface area contributed by atoms with Gasteiger partial charge >= 0.3 is 0 Å². The summed E-state index contributed by atoms with van der Waals surface area (Å²) in [6, 6.07) is 6.07. The van der Waals surface area contributed by atoms with Crippen LogP contribution in [0.1, 0.15) is 46.1 Å². The monoisotopic (exact) mass is 467 g/mol. The van der Waals surface area contributed by atoms with Gasteiger partial charge in [-0.25, -0.2) is 23.7 Å². The van der Waals surface area contributed by atoms with Gasteiger partial charge in [-0.2, -0.15) is 0 Å². The van der Waals surface area contributed by atoms with Crippen molar-refractivity contribution in [2.75, 3.05) is 6.54 Å². The molecule has 3 aromatic heterocycles. The highest BCUT2D eigenvalue weighted by Gasteiger charge is 2.32. The molecule has 0 radical (unpaired) electrons. The number of rotatable bonds is 4. The zero-order valence-corrected chi connectivity index (χ0v) is 19.2. The van der Waals surface area contributed by atoms with Gasteiger partial charge in [0, 0.05) is 24.7 Å². The highest BCUT2D eigenvalue weighted by atomic mass is 32.1. The first-order valence-electron chi connectivity index (χ1n) is 10.9. The van der Waals surface area contributed by atoms with Crippen molar-refractivity contribution in [2.24, 2.45) is 0 Å². The van der Waals surface area contributed by atoms with E-state index in [2.05, 4.69) is 15.0 Å². The van der Waals surface area contributed by atoms with Gasteiger partial charge in [0.05, 0.1) is 21.8 Å². The number of fused-ring (bicyclic) bond motifs is 1. The lowest BCUT2D eigenvalue weighted by atomic mass is 9.96. The van der Waals surface area contributed by atoms with Crippen LogP contribution in [-0.2, 0) is 6.42 Å². The third-order valence-electron chi connectivity index (χ3n) is 6.19. The predicted octanol–water partition coefficient (Wildman–Crippen LogP) is 4.99. The number of likely N-dealkylation sites (tertiary alicyclic amines) is 1. The van der Waals surface area contributed by atoms with Gasteiger partial charge in [-0.3, -0.25) is 9.20 Å². The van der Waals surface area contributed by atoms with Crippen LogP contribution in [0.5, 0.6) is 0 Å². The van der Waals surface area contributed by atoms with Crippen LogP contribution in [0.25, 0.3) is 16.1 Å². The molecule has 170 valence electrons. The van der Waals surface area contributed by atoms with Crippen LogP contribution in [0.4, 0.5) is 8.78 Å². The second-order valence-electron chi connectivity index (χ2n) is 8.35. The maximum absolute atomic E-state index is 14.2. The number of hydrogen-bond acceptors (Lipinski definition) is 5. The molecule has 6 nitrogen and oxygen atoms in total. The van der Waals surface area contributed by atoms with E-state index in [1.807, 2.05) is 18.7 Å². The summed E-state index contributed by atoms with van der Waals surface area (Å²) in [7, 11) is 0. The van der Waals surface area contributed by atoms with Crippen LogP contribution >= 0.6 is 11.3 Å². The van der Waals surface area contributed by atoms with Gasteiger partial charge in [0.15, 0.2) is 11.5 Å². The van der Waals surface area contributed by atoms with E-state index in [4.69, 9.17) is 0 Å². The van der Waals surface area contributed by atoms with Gasteiger partial charge in [0.1, 0.15) is 17.8 Å². The number of hydrogen-bond donors (Lipinski definition) is 0. The van der Waals surface area contributed by atoms with E-state index in [1.165, 1.54) is 23.5 Å². The zero-order chi connectivity index (χ0) is 23.1. The van der Waals surface area contributed by atoms with Crippen molar-refractivity contribution in [2.45, 2.75) is 45.6 Å². The van der Waals surface area contributed by atoms with E-state index in [1.54, 1.807) is 22.9 Å². The average molecular weight is 468 g/mol. The molecule has 0 saturated carbocycles. The van der Waals surface area contributed by atoms with Crippen LogP contribution in [0.2, 0.25) is 0 Å². The number of thiazole rings is 1. The smallest absolute Gasteiger partial charge is 0.274 e. The maximum Gasteiger partial charge on any atom is 0.274 e. The summed E-state index contributed by atoms with van der Waals surface area (Å²) >= 11 is 1.43. The van der Waals surface area contributed by atoms with Crippen LogP contribution in [0.3, 0.4) is 0 Å². The fourth-order valence-electron chi connectivity index (χ4n) is 4.50. The van der Waals surface area contributed by atoms with Crippen LogP contribution in [-0.4, -0.2) is 42.7 Å². The Labute approximate surface area is 193 Å². The van der Waals surface area contributed by atoms with Crippen molar-refractivity contribution in [3.63, 3.8) is 0 Å². The van der Waals surface area contributed by atoms with E-state index >= 15 is 0 Å².